The van der Waals surface area contributed by atoms with E-state index in [1.165, 1.54) is 36.8 Å². The zero-order chi connectivity index (χ0) is 10.5. The number of fused-ring (bicyclic) bond motifs is 1. The zero-order valence-electron chi connectivity index (χ0n) is 9.95. The third kappa shape index (κ3) is 3.42. The van der Waals surface area contributed by atoms with Crippen molar-refractivity contribution >= 4 is 6.08 Å². The van der Waals surface area contributed by atoms with Gasteiger partial charge in [0.1, 0.15) is 0 Å². The topological polar surface area (TPSA) is 0 Å². The quantitative estimate of drug-likeness (QED) is 0.550. The minimum atomic E-state index is 0. The summed E-state index contributed by atoms with van der Waals surface area (Å²) in [6.07, 6.45) is 12.1. The van der Waals surface area contributed by atoms with Crippen LogP contribution in [0.15, 0.2) is 30.3 Å². The molecule has 0 heterocycles. The van der Waals surface area contributed by atoms with Crippen LogP contribution in [0, 0.1) is 6.42 Å². The molecule has 0 aromatic heterocycles. The van der Waals surface area contributed by atoms with Crippen molar-refractivity contribution < 1.29 is 26.2 Å². The average Bonchev–Trinajstić information content (AvgIpc) is 2.68. The predicted octanol–water partition coefficient (Wildman–Crippen LogP) is 4.58. The Kier molecular flexibility index (Phi) is 6.28. The first-order valence-electron chi connectivity index (χ1n) is 6.00. The van der Waals surface area contributed by atoms with E-state index in [2.05, 4.69) is 49.8 Å². The minimum absolute atomic E-state index is 0. The van der Waals surface area contributed by atoms with Gasteiger partial charge in [-0.3, -0.25) is 0 Å². The molecule has 0 spiro atoms. The molecule has 1 aromatic rings. The van der Waals surface area contributed by atoms with E-state index < -0.39 is 0 Å². The van der Waals surface area contributed by atoms with E-state index in [0.29, 0.717) is 5.92 Å². The van der Waals surface area contributed by atoms with Gasteiger partial charge in [0.2, 0.25) is 0 Å². The van der Waals surface area contributed by atoms with E-state index in [1.807, 2.05) is 0 Å². The van der Waals surface area contributed by atoms with Gasteiger partial charge in [-0.15, -0.1) is 0 Å². The summed E-state index contributed by atoms with van der Waals surface area (Å²) >= 11 is 0. The first kappa shape index (κ1) is 13.9. The van der Waals surface area contributed by atoms with Crippen molar-refractivity contribution in [2.24, 2.45) is 0 Å². The van der Waals surface area contributed by atoms with Gasteiger partial charge in [-0.25, -0.2) is 0 Å². The van der Waals surface area contributed by atoms with Gasteiger partial charge in [0.05, 0.1) is 0 Å². The zero-order valence-corrected chi connectivity index (χ0v) is 12.4. The third-order valence-electron chi connectivity index (χ3n) is 3.12. The predicted molar refractivity (Wildman–Crippen MR) is 66.7 cm³/mol. The largest absolute Gasteiger partial charge is 0.329 e. The number of hydrogen-bond acceptors (Lipinski definition) is 0. The monoisotopic (exact) mass is 289 g/mol. The summed E-state index contributed by atoms with van der Waals surface area (Å²) in [7, 11) is 0. The molecule has 1 heteroatoms. The molecular formula is C15H19Zr-. The molecule has 1 aromatic carbocycles. The Balaban J connectivity index is 0.00000128. The Hall–Kier alpha value is -0.157. The normalized spacial score (nSPS) is 16.9. The van der Waals surface area contributed by atoms with Crippen LogP contribution in [0.3, 0.4) is 0 Å². The van der Waals surface area contributed by atoms with Crippen LogP contribution in [-0.2, 0) is 26.2 Å². The van der Waals surface area contributed by atoms with Crippen LogP contribution in [0.5, 0.6) is 0 Å². The second kappa shape index (κ2) is 7.22. The number of rotatable bonds is 5. The number of benzene rings is 1. The van der Waals surface area contributed by atoms with E-state index in [0.717, 1.165) is 0 Å². The smallest absolute Gasteiger partial charge is 0.00263 e. The van der Waals surface area contributed by atoms with Crippen molar-refractivity contribution in [3.8, 4) is 0 Å². The van der Waals surface area contributed by atoms with Gasteiger partial charge >= 0.3 is 0 Å². The molecule has 1 atom stereocenters. The molecule has 0 nitrogen and oxygen atoms in total. The standard InChI is InChI=1S/C15H19.Zr/c1-2-3-4-5-8-13-11-12-14-9-6-7-10-15(13)14;/h3,6-7,9-13H,2,4-5,8H2,1H3;/q-1;. The Labute approximate surface area is 118 Å². The SMILES string of the molecule is CC[CH-]CCCC1C=Cc2ccccc21.[Zr]. The summed E-state index contributed by atoms with van der Waals surface area (Å²) in [5.41, 5.74) is 2.94. The summed E-state index contributed by atoms with van der Waals surface area (Å²) in [6.45, 7) is 2.21. The fraction of sp³-hybridized carbons (Fsp3) is 0.400. The number of unbranched alkanes of at least 4 members (excludes halogenated alkanes) is 3. The molecule has 0 bridgehead atoms. The molecule has 0 radical (unpaired) electrons. The van der Waals surface area contributed by atoms with E-state index in [4.69, 9.17) is 0 Å². The summed E-state index contributed by atoms with van der Waals surface area (Å²) in [5, 5.41) is 0. The maximum atomic E-state index is 2.38. The van der Waals surface area contributed by atoms with Crippen molar-refractivity contribution in [3.05, 3.63) is 47.9 Å². The molecule has 0 saturated heterocycles. The van der Waals surface area contributed by atoms with Gasteiger partial charge in [-0.05, 0) is 17.5 Å². The first-order chi connectivity index (χ1) is 7.42. The molecule has 1 aliphatic carbocycles. The molecule has 1 aliphatic rings. The fourth-order valence-corrected chi connectivity index (χ4v) is 2.26. The molecule has 16 heavy (non-hydrogen) atoms. The number of allylic oxidation sites excluding steroid dienone is 1. The van der Waals surface area contributed by atoms with Crippen molar-refractivity contribution in [2.75, 3.05) is 0 Å². The maximum Gasteiger partial charge on any atom is 0.00263 e. The molecule has 1 unspecified atom stereocenters. The fourth-order valence-electron chi connectivity index (χ4n) is 2.26. The number of hydrogen-bond donors (Lipinski definition) is 0. The first-order valence-corrected chi connectivity index (χ1v) is 6.00. The van der Waals surface area contributed by atoms with Crippen LogP contribution in [0.25, 0.3) is 6.08 Å². The van der Waals surface area contributed by atoms with Crippen LogP contribution in [0.1, 0.15) is 49.7 Å². The summed E-state index contributed by atoms with van der Waals surface area (Å²) in [4.78, 5) is 0. The van der Waals surface area contributed by atoms with Crippen molar-refractivity contribution in [1.29, 1.82) is 0 Å². The Morgan fingerprint density at radius 2 is 2.06 bits per heavy atom. The molecule has 0 N–H and O–H groups in total. The Morgan fingerprint density at radius 1 is 1.25 bits per heavy atom. The minimum Gasteiger partial charge on any atom is -0.329 e. The molecule has 2 rings (SSSR count). The van der Waals surface area contributed by atoms with Gasteiger partial charge in [-0.1, -0.05) is 49.8 Å². The second-order valence-corrected chi connectivity index (χ2v) is 4.22. The van der Waals surface area contributed by atoms with Gasteiger partial charge in [0, 0.05) is 32.1 Å². The molecule has 0 amide bonds. The molecular weight excluding hydrogens is 271 g/mol. The molecule has 84 valence electrons. The van der Waals surface area contributed by atoms with Crippen molar-refractivity contribution in [1.82, 2.24) is 0 Å². The summed E-state index contributed by atoms with van der Waals surface area (Å²) in [5.74, 6) is 0.673. The summed E-state index contributed by atoms with van der Waals surface area (Å²) < 4.78 is 0. The van der Waals surface area contributed by atoms with Gasteiger partial charge in [-0.2, -0.15) is 12.8 Å². The van der Waals surface area contributed by atoms with E-state index >= 15 is 0 Å². The van der Waals surface area contributed by atoms with Crippen LogP contribution < -0.4 is 0 Å². The van der Waals surface area contributed by atoms with E-state index in [-0.39, 0.29) is 26.2 Å². The van der Waals surface area contributed by atoms with E-state index in [1.54, 1.807) is 0 Å². The van der Waals surface area contributed by atoms with Gasteiger partial charge in [0.15, 0.2) is 0 Å². The average molecular weight is 291 g/mol. The van der Waals surface area contributed by atoms with Crippen LogP contribution in [-0.4, -0.2) is 0 Å². The van der Waals surface area contributed by atoms with Crippen molar-refractivity contribution in [3.63, 3.8) is 0 Å². The molecule has 0 aliphatic heterocycles. The Bertz CT molecular complexity index is 341. The molecule has 0 saturated carbocycles. The van der Waals surface area contributed by atoms with Crippen molar-refractivity contribution in [2.45, 2.75) is 38.5 Å². The van der Waals surface area contributed by atoms with Gasteiger partial charge < -0.3 is 6.42 Å². The Morgan fingerprint density at radius 3 is 2.88 bits per heavy atom. The third-order valence-corrected chi connectivity index (χ3v) is 3.12. The van der Waals surface area contributed by atoms with Crippen LogP contribution >= 0.6 is 0 Å². The summed E-state index contributed by atoms with van der Waals surface area (Å²) in [6, 6.07) is 8.75. The van der Waals surface area contributed by atoms with E-state index in [9.17, 15) is 0 Å². The van der Waals surface area contributed by atoms with Gasteiger partial charge in [0.25, 0.3) is 0 Å². The van der Waals surface area contributed by atoms with Crippen LogP contribution in [0.4, 0.5) is 0 Å². The maximum absolute atomic E-state index is 2.38. The second-order valence-electron chi connectivity index (χ2n) is 4.22. The van der Waals surface area contributed by atoms with Crippen LogP contribution in [0.2, 0.25) is 0 Å². The molecule has 0 fully saturated rings.